The number of carbonyl (C=O) groups is 1. The van der Waals surface area contributed by atoms with Gasteiger partial charge in [0.25, 0.3) is 5.91 Å². The first-order valence-corrected chi connectivity index (χ1v) is 9.87. The number of benzene rings is 2. The van der Waals surface area contributed by atoms with E-state index in [4.69, 9.17) is 18.9 Å². The normalized spacial score (nSPS) is 10.6. The lowest BCUT2D eigenvalue weighted by molar-refractivity contribution is 0.0950. The molecule has 2 aromatic rings. The summed E-state index contributed by atoms with van der Waals surface area (Å²) in [7, 11) is 3.18. The number of hydrogen-bond donors (Lipinski definition) is 1. The maximum absolute atomic E-state index is 12.5. The number of rotatable bonds is 11. The Kier molecular flexibility index (Phi) is 8.65. The fourth-order valence-electron chi connectivity index (χ4n) is 2.72. The molecule has 0 aliphatic heterocycles. The van der Waals surface area contributed by atoms with Gasteiger partial charge in [-0.3, -0.25) is 4.79 Å². The van der Waals surface area contributed by atoms with Crippen molar-refractivity contribution >= 4 is 5.91 Å². The first-order chi connectivity index (χ1) is 14.0. The standard InChI is InChI=1S/C23H31NO5/c1-6-28-22-14-18(8-10-19(22)26-4)23(25)24-15-17-7-9-20(21(13-17)27-5)29-12-11-16(2)3/h7-10,13-14,16H,6,11-12,15H2,1-5H3,(H,24,25). The zero-order chi connectivity index (χ0) is 21.2. The molecule has 0 atom stereocenters. The zero-order valence-electron chi connectivity index (χ0n) is 17.9. The topological polar surface area (TPSA) is 66.0 Å². The highest BCUT2D eigenvalue weighted by molar-refractivity contribution is 5.94. The number of nitrogens with one attached hydrogen (secondary N) is 1. The Labute approximate surface area is 173 Å². The molecule has 0 radical (unpaired) electrons. The summed E-state index contributed by atoms with van der Waals surface area (Å²) >= 11 is 0. The number of methoxy groups -OCH3 is 2. The van der Waals surface area contributed by atoms with E-state index < -0.39 is 0 Å². The summed E-state index contributed by atoms with van der Waals surface area (Å²) in [4.78, 5) is 12.5. The van der Waals surface area contributed by atoms with E-state index in [1.54, 1.807) is 32.4 Å². The Morgan fingerprint density at radius 1 is 0.931 bits per heavy atom. The van der Waals surface area contributed by atoms with Crippen molar-refractivity contribution in [1.82, 2.24) is 5.32 Å². The summed E-state index contributed by atoms with van der Waals surface area (Å²) in [6, 6.07) is 10.8. The van der Waals surface area contributed by atoms with Crippen LogP contribution in [0.2, 0.25) is 0 Å². The molecular weight excluding hydrogens is 370 g/mol. The van der Waals surface area contributed by atoms with Crippen LogP contribution in [0.3, 0.4) is 0 Å². The van der Waals surface area contributed by atoms with Gasteiger partial charge in [-0.2, -0.15) is 0 Å². The van der Waals surface area contributed by atoms with Crippen molar-refractivity contribution in [3.63, 3.8) is 0 Å². The molecule has 0 fully saturated rings. The average molecular weight is 402 g/mol. The monoisotopic (exact) mass is 401 g/mol. The van der Waals surface area contributed by atoms with Crippen molar-refractivity contribution in [2.75, 3.05) is 27.4 Å². The first kappa shape index (κ1) is 22.4. The van der Waals surface area contributed by atoms with Gasteiger partial charge in [-0.25, -0.2) is 0 Å². The fraction of sp³-hybridized carbons (Fsp3) is 0.435. The van der Waals surface area contributed by atoms with Crippen LogP contribution in [0.1, 0.15) is 43.1 Å². The van der Waals surface area contributed by atoms with E-state index in [9.17, 15) is 4.79 Å². The lowest BCUT2D eigenvalue weighted by Crippen LogP contribution is -2.22. The largest absolute Gasteiger partial charge is 0.493 e. The average Bonchev–Trinajstić information content (AvgIpc) is 2.72. The number of carbonyl (C=O) groups excluding carboxylic acids is 1. The maximum atomic E-state index is 12.5. The third kappa shape index (κ3) is 6.59. The van der Waals surface area contributed by atoms with E-state index in [1.165, 1.54) is 0 Å². The van der Waals surface area contributed by atoms with Crippen LogP contribution in [0, 0.1) is 5.92 Å². The van der Waals surface area contributed by atoms with Crippen LogP contribution in [0.5, 0.6) is 23.0 Å². The minimum Gasteiger partial charge on any atom is -0.493 e. The summed E-state index contributed by atoms with van der Waals surface area (Å²) in [6.07, 6.45) is 0.979. The molecule has 0 saturated heterocycles. The highest BCUT2D eigenvalue weighted by Gasteiger charge is 2.12. The van der Waals surface area contributed by atoms with Crippen molar-refractivity contribution in [2.24, 2.45) is 5.92 Å². The van der Waals surface area contributed by atoms with Gasteiger partial charge in [0.2, 0.25) is 0 Å². The van der Waals surface area contributed by atoms with Gasteiger partial charge < -0.3 is 24.3 Å². The molecule has 0 aromatic heterocycles. The predicted octanol–water partition coefficient (Wildman–Crippen LogP) is 4.46. The smallest absolute Gasteiger partial charge is 0.251 e. The number of amides is 1. The second kappa shape index (κ2) is 11.2. The van der Waals surface area contributed by atoms with Gasteiger partial charge in [-0.1, -0.05) is 19.9 Å². The molecule has 0 spiro atoms. The molecule has 0 saturated carbocycles. The summed E-state index contributed by atoms with van der Waals surface area (Å²) in [5, 5.41) is 2.92. The van der Waals surface area contributed by atoms with Gasteiger partial charge in [0.05, 0.1) is 27.4 Å². The van der Waals surface area contributed by atoms with Crippen LogP contribution < -0.4 is 24.3 Å². The molecule has 0 heterocycles. The van der Waals surface area contributed by atoms with Crippen LogP contribution in [-0.4, -0.2) is 33.3 Å². The minimum atomic E-state index is -0.190. The highest BCUT2D eigenvalue weighted by Crippen LogP contribution is 2.29. The molecule has 0 aliphatic carbocycles. The molecule has 1 amide bonds. The maximum Gasteiger partial charge on any atom is 0.251 e. The molecule has 0 unspecified atom stereocenters. The van der Waals surface area contributed by atoms with E-state index in [-0.39, 0.29) is 5.91 Å². The van der Waals surface area contributed by atoms with E-state index in [1.807, 2.05) is 25.1 Å². The Morgan fingerprint density at radius 2 is 1.66 bits per heavy atom. The highest BCUT2D eigenvalue weighted by atomic mass is 16.5. The lowest BCUT2D eigenvalue weighted by Gasteiger charge is -2.14. The first-order valence-electron chi connectivity index (χ1n) is 9.87. The van der Waals surface area contributed by atoms with Crippen LogP contribution in [0.15, 0.2) is 36.4 Å². The summed E-state index contributed by atoms with van der Waals surface area (Å²) in [5.74, 6) is 2.90. The van der Waals surface area contributed by atoms with Gasteiger partial charge in [0.15, 0.2) is 23.0 Å². The molecule has 0 bridgehead atoms. The Bertz CT molecular complexity index is 804. The predicted molar refractivity (Wildman–Crippen MR) is 113 cm³/mol. The Balaban J connectivity index is 2.01. The fourth-order valence-corrected chi connectivity index (χ4v) is 2.72. The summed E-state index contributed by atoms with van der Waals surface area (Å²) in [6.45, 7) is 7.71. The van der Waals surface area contributed by atoms with Crippen LogP contribution in [-0.2, 0) is 6.54 Å². The van der Waals surface area contributed by atoms with Crippen molar-refractivity contribution in [3.05, 3.63) is 47.5 Å². The quantitative estimate of drug-likeness (QED) is 0.602. The molecule has 1 N–H and O–H groups in total. The van der Waals surface area contributed by atoms with Crippen molar-refractivity contribution in [1.29, 1.82) is 0 Å². The minimum absolute atomic E-state index is 0.190. The molecule has 6 heteroatoms. The lowest BCUT2D eigenvalue weighted by atomic mass is 10.1. The van der Waals surface area contributed by atoms with Crippen molar-refractivity contribution < 1.29 is 23.7 Å². The second-order valence-corrected chi connectivity index (χ2v) is 7.00. The van der Waals surface area contributed by atoms with Crippen LogP contribution in [0.25, 0.3) is 0 Å². The molecular formula is C23H31NO5. The summed E-state index contributed by atoms with van der Waals surface area (Å²) < 4.78 is 22.0. The molecule has 29 heavy (non-hydrogen) atoms. The van der Waals surface area contributed by atoms with E-state index >= 15 is 0 Å². The van der Waals surface area contributed by atoms with Gasteiger partial charge >= 0.3 is 0 Å². The van der Waals surface area contributed by atoms with Gasteiger partial charge in [-0.05, 0) is 55.2 Å². The third-order valence-electron chi connectivity index (χ3n) is 4.36. The molecule has 158 valence electrons. The Hall–Kier alpha value is -2.89. The molecule has 2 rings (SSSR count). The van der Waals surface area contributed by atoms with Crippen LogP contribution in [0.4, 0.5) is 0 Å². The second-order valence-electron chi connectivity index (χ2n) is 7.00. The van der Waals surface area contributed by atoms with Gasteiger partial charge in [-0.15, -0.1) is 0 Å². The zero-order valence-corrected chi connectivity index (χ0v) is 17.9. The molecule has 6 nitrogen and oxygen atoms in total. The Morgan fingerprint density at radius 3 is 2.31 bits per heavy atom. The number of hydrogen-bond acceptors (Lipinski definition) is 5. The third-order valence-corrected chi connectivity index (χ3v) is 4.36. The number of ether oxygens (including phenoxy) is 4. The van der Waals surface area contributed by atoms with E-state index in [2.05, 4.69) is 19.2 Å². The van der Waals surface area contributed by atoms with Crippen molar-refractivity contribution in [3.8, 4) is 23.0 Å². The molecule has 2 aromatic carbocycles. The SMILES string of the molecule is CCOc1cc(C(=O)NCc2ccc(OCCC(C)C)c(OC)c2)ccc1OC. The van der Waals surface area contributed by atoms with Gasteiger partial charge in [0, 0.05) is 12.1 Å². The van der Waals surface area contributed by atoms with E-state index in [0.717, 1.165) is 12.0 Å². The summed E-state index contributed by atoms with van der Waals surface area (Å²) in [5.41, 5.74) is 1.43. The van der Waals surface area contributed by atoms with Gasteiger partial charge in [0.1, 0.15) is 0 Å². The molecule has 0 aliphatic rings. The van der Waals surface area contributed by atoms with Crippen LogP contribution >= 0.6 is 0 Å². The van der Waals surface area contributed by atoms with Crippen molar-refractivity contribution in [2.45, 2.75) is 33.7 Å². The van der Waals surface area contributed by atoms with E-state index in [0.29, 0.717) is 54.2 Å².